The fourth-order valence-corrected chi connectivity index (χ4v) is 1.71. The minimum absolute atomic E-state index is 0.445. The average Bonchev–Trinajstić information content (AvgIpc) is 2.39. The fraction of sp³-hybridized carbons (Fsp3) is 0.214. The Labute approximate surface area is 101 Å². The normalized spacial score (nSPS) is 12.2. The molecule has 0 saturated heterocycles. The summed E-state index contributed by atoms with van der Waals surface area (Å²) in [5.41, 5.74) is 2.88. The molecule has 1 heterocycles. The summed E-state index contributed by atoms with van der Waals surface area (Å²) in [5, 5.41) is 9.45. The van der Waals surface area contributed by atoms with E-state index in [-0.39, 0.29) is 0 Å². The van der Waals surface area contributed by atoms with Gasteiger partial charge in [-0.1, -0.05) is 24.3 Å². The van der Waals surface area contributed by atoms with Crippen LogP contribution in [0.1, 0.15) is 18.6 Å². The number of aromatic nitrogens is 1. The van der Waals surface area contributed by atoms with E-state index >= 15 is 0 Å². The lowest BCUT2D eigenvalue weighted by atomic mass is 10.0. The van der Waals surface area contributed by atoms with Crippen LogP contribution in [0.5, 0.6) is 5.88 Å². The summed E-state index contributed by atoms with van der Waals surface area (Å²) in [7, 11) is 1.61. The van der Waals surface area contributed by atoms with Gasteiger partial charge in [0.05, 0.1) is 13.2 Å². The first-order chi connectivity index (χ1) is 8.22. The van der Waals surface area contributed by atoms with Crippen LogP contribution in [0.2, 0.25) is 0 Å². The zero-order chi connectivity index (χ0) is 12.3. The smallest absolute Gasteiger partial charge is 0.221 e. The molecule has 1 atom stereocenters. The molecule has 3 nitrogen and oxygen atoms in total. The SMILES string of the molecule is COc1ncccc1-c1ccc([C@H](C)O)cc1. The summed E-state index contributed by atoms with van der Waals surface area (Å²) < 4.78 is 5.22. The van der Waals surface area contributed by atoms with E-state index < -0.39 is 6.10 Å². The molecule has 88 valence electrons. The average molecular weight is 229 g/mol. The number of aliphatic hydroxyl groups is 1. The molecule has 1 aromatic carbocycles. The highest BCUT2D eigenvalue weighted by Gasteiger charge is 2.07. The van der Waals surface area contributed by atoms with E-state index in [0.29, 0.717) is 5.88 Å². The Morgan fingerprint density at radius 1 is 1.18 bits per heavy atom. The Balaban J connectivity index is 2.40. The topological polar surface area (TPSA) is 42.4 Å². The van der Waals surface area contributed by atoms with E-state index in [0.717, 1.165) is 16.7 Å². The Kier molecular flexibility index (Phi) is 3.40. The predicted molar refractivity (Wildman–Crippen MR) is 66.9 cm³/mol. The number of pyridine rings is 1. The molecule has 0 unspecified atom stereocenters. The molecule has 2 rings (SSSR count). The van der Waals surface area contributed by atoms with Gasteiger partial charge in [0.25, 0.3) is 0 Å². The van der Waals surface area contributed by atoms with Crippen LogP contribution in [0.3, 0.4) is 0 Å². The van der Waals surface area contributed by atoms with E-state index in [1.54, 1.807) is 20.2 Å². The first-order valence-corrected chi connectivity index (χ1v) is 5.50. The van der Waals surface area contributed by atoms with Crippen molar-refractivity contribution in [3.05, 3.63) is 48.2 Å². The molecule has 0 spiro atoms. The number of benzene rings is 1. The van der Waals surface area contributed by atoms with Gasteiger partial charge in [0.1, 0.15) is 0 Å². The second-order valence-electron chi connectivity index (χ2n) is 3.86. The molecule has 0 aliphatic carbocycles. The zero-order valence-corrected chi connectivity index (χ0v) is 9.92. The summed E-state index contributed by atoms with van der Waals surface area (Å²) in [6, 6.07) is 11.6. The van der Waals surface area contributed by atoms with Crippen LogP contribution in [0.4, 0.5) is 0 Å². The lowest BCUT2D eigenvalue weighted by Gasteiger charge is -2.09. The molecule has 3 heteroatoms. The third kappa shape index (κ3) is 2.45. The summed E-state index contributed by atoms with van der Waals surface area (Å²) in [6.07, 6.45) is 1.26. The Bertz CT molecular complexity index is 492. The third-order valence-corrected chi connectivity index (χ3v) is 2.67. The Morgan fingerprint density at radius 3 is 2.47 bits per heavy atom. The van der Waals surface area contributed by atoms with Gasteiger partial charge in [0.2, 0.25) is 5.88 Å². The number of rotatable bonds is 3. The highest BCUT2D eigenvalue weighted by molar-refractivity contribution is 5.68. The molecule has 0 bridgehead atoms. The predicted octanol–water partition coefficient (Wildman–Crippen LogP) is 2.81. The van der Waals surface area contributed by atoms with Crippen LogP contribution in [-0.2, 0) is 0 Å². The van der Waals surface area contributed by atoms with Gasteiger partial charge in [-0.2, -0.15) is 0 Å². The van der Waals surface area contributed by atoms with Crippen molar-refractivity contribution in [3.63, 3.8) is 0 Å². The van der Waals surface area contributed by atoms with Crippen LogP contribution in [0.25, 0.3) is 11.1 Å². The van der Waals surface area contributed by atoms with Crippen molar-refractivity contribution >= 4 is 0 Å². The van der Waals surface area contributed by atoms with Gasteiger partial charge in [-0.3, -0.25) is 0 Å². The summed E-state index contributed by atoms with van der Waals surface area (Å²) in [5.74, 6) is 0.609. The molecule has 0 aliphatic rings. The maximum atomic E-state index is 9.45. The summed E-state index contributed by atoms with van der Waals surface area (Å²) >= 11 is 0. The monoisotopic (exact) mass is 229 g/mol. The van der Waals surface area contributed by atoms with Crippen LogP contribution in [0, 0.1) is 0 Å². The number of aliphatic hydroxyl groups excluding tert-OH is 1. The Morgan fingerprint density at radius 2 is 1.88 bits per heavy atom. The molecule has 1 aromatic heterocycles. The van der Waals surface area contributed by atoms with E-state index in [9.17, 15) is 5.11 Å². The summed E-state index contributed by atoms with van der Waals surface area (Å²) in [4.78, 5) is 4.16. The van der Waals surface area contributed by atoms with Crippen LogP contribution in [-0.4, -0.2) is 17.2 Å². The van der Waals surface area contributed by atoms with Crippen molar-refractivity contribution in [1.29, 1.82) is 0 Å². The lowest BCUT2D eigenvalue weighted by molar-refractivity contribution is 0.199. The van der Waals surface area contributed by atoms with Gasteiger partial charge in [-0.15, -0.1) is 0 Å². The van der Waals surface area contributed by atoms with Crippen molar-refractivity contribution in [3.8, 4) is 17.0 Å². The fourth-order valence-electron chi connectivity index (χ4n) is 1.71. The van der Waals surface area contributed by atoms with E-state index in [1.807, 2.05) is 36.4 Å². The number of methoxy groups -OCH3 is 1. The molecular formula is C14H15NO2. The standard InChI is InChI=1S/C14H15NO2/c1-10(16)11-5-7-12(8-6-11)13-4-3-9-15-14(13)17-2/h3-10,16H,1-2H3/t10-/m0/s1. The second-order valence-corrected chi connectivity index (χ2v) is 3.86. The van der Waals surface area contributed by atoms with Crippen molar-refractivity contribution in [2.75, 3.05) is 7.11 Å². The van der Waals surface area contributed by atoms with Gasteiger partial charge in [-0.25, -0.2) is 4.98 Å². The first kappa shape index (κ1) is 11.6. The number of hydrogen-bond acceptors (Lipinski definition) is 3. The molecule has 0 aliphatic heterocycles. The van der Waals surface area contributed by atoms with Crippen molar-refractivity contribution in [1.82, 2.24) is 4.98 Å². The van der Waals surface area contributed by atoms with E-state index in [4.69, 9.17) is 4.74 Å². The van der Waals surface area contributed by atoms with Crippen molar-refractivity contribution < 1.29 is 9.84 Å². The highest BCUT2D eigenvalue weighted by atomic mass is 16.5. The van der Waals surface area contributed by atoms with Crippen molar-refractivity contribution in [2.45, 2.75) is 13.0 Å². The number of nitrogens with zero attached hydrogens (tertiary/aromatic N) is 1. The van der Waals surface area contributed by atoms with Gasteiger partial charge in [-0.05, 0) is 30.2 Å². The minimum atomic E-state index is -0.445. The highest BCUT2D eigenvalue weighted by Crippen LogP contribution is 2.28. The first-order valence-electron chi connectivity index (χ1n) is 5.50. The van der Waals surface area contributed by atoms with Crippen LogP contribution < -0.4 is 4.74 Å². The minimum Gasteiger partial charge on any atom is -0.481 e. The van der Waals surface area contributed by atoms with E-state index in [1.165, 1.54) is 0 Å². The Hall–Kier alpha value is -1.87. The van der Waals surface area contributed by atoms with Gasteiger partial charge < -0.3 is 9.84 Å². The molecule has 17 heavy (non-hydrogen) atoms. The lowest BCUT2D eigenvalue weighted by Crippen LogP contribution is -1.92. The molecule has 0 radical (unpaired) electrons. The maximum absolute atomic E-state index is 9.45. The van der Waals surface area contributed by atoms with Crippen LogP contribution in [0.15, 0.2) is 42.6 Å². The van der Waals surface area contributed by atoms with Gasteiger partial charge >= 0.3 is 0 Å². The van der Waals surface area contributed by atoms with Crippen LogP contribution >= 0.6 is 0 Å². The maximum Gasteiger partial charge on any atom is 0.221 e. The van der Waals surface area contributed by atoms with Crippen molar-refractivity contribution in [2.24, 2.45) is 0 Å². The zero-order valence-electron chi connectivity index (χ0n) is 9.92. The quantitative estimate of drug-likeness (QED) is 0.880. The molecule has 0 amide bonds. The largest absolute Gasteiger partial charge is 0.481 e. The third-order valence-electron chi connectivity index (χ3n) is 2.67. The molecule has 0 saturated carbocycles. The van der Waals surface area contributed by atoms with E-state index in [2.05, 4.69) is 4.98 Å². The van der Waals surface area contributed by atoms with Gasteiger partial charge in [0.15, 0.2) is 0 Å². The number of hydrogen-bond donors (Lipinski definition) is 1. The molecule has 2 aromatic rings. The number of ether oxygens (including phenoxy) is 1. The van der Waals surface area contributed by atoms with Gasteiger partial charge in [0, 0.05) is 11.8 Å². The molecule has 1 N–H and O–H groups in total. The summed E-state index contributed by atoms with van der Waals surface area (Å²) in [6.45, 7) is 1.75. The molecular weight excluding hydrogens is 214 g/mol. The molecule has 0 fully saturated rings. The second kappa shape index (κ2) is 4.97.